The molecule has 0 fully saturated rings. The number of terminal acetylenes is 1. The average molecular weight is 291 g/mol. The molecular formula is C18H17N3O. The fraction of sp³-hybridized carbons (Fsp3) is 0.222. The molecule has 4 nitrogen and oxygen atoms in total. The predicted octanol–water partition coefficient (Wildman–Crippen LogP) is 2.71. The van der Waals surface area contributed by atoms with Crippen LogP contribution in [0, 0.1) is 23.7 Å². The normalized spacial score (nSPS) is 11.2. The SMILES string of the molecule is C#CCn1cc(/C=C(/C#N)C(=O)NC(C)C)c2ccccc21. The first-order valence-electron chi connectivity index (χ1n) is 7.00. The van der Waals surface area contributed by atoms with Gasteiger partial charge < -0.3 is 9.88 Å². The molecule has 2 aromatic rings. The quantitative estimate of drug-likeness (QED) is 0.535. The highest BCUT2D eigenvalue weighted by Gasteiger charge is 2.12. The number of hydrogen-bond donors (Lipinski definition) is 1. The molecule has 4 heteroatoms. The second-order valence-electron chi connectivity index (χ2n) is 5.23. The molecule has 2 rings (SSSR count). The molecule has 1 N–H and O–H groups in total. The molecule has 0 saturated heterocycles. The Morgan fingerprint density at radius 3 is 2.82 bits per heavy atom. The Labute approximate surface area is 130 Å². The largest absolute Gasteiger partial charge is 0.349 e. The number of amides is 1. The van der Waals surface area contributed by atoms with Crippen LogP contribution in [0.5, 0.6) is 0 Å². The number of nitriles is 1. The van der Waals surface area contributed by atoms with Gasteiger partial charge in [0, 0.05) is 28.7 Å². The van der Waals surface area contributed by atoms with Gasteiger partial charge in [-0.05, 0) is 26.0 Å². The lowest BCUT2D eigenvalue weighted by atomic mass is 10.1. The number of nitrogens with one attached hydrogen (secondary N) is 1. The molecule has 0 atom stereocenters. The van der Waals surface area contributed by atoms with Gasteiger partial charge in [-0.2, -0.15) is 5.26 Å². The summed E-state index contributed by atoms with van der Waals surface area (Å²) in [5, 5.41) is 12.9. The summed E-state index contributed by atoms with van der Waals surface area (Å²) in [6.45, 7) is 4.14. The lowest BCUT2D eigenvalue weighted by molar-refractivity contribution is -0.117. The summed E-state index contributed by atoms with van der Waals surface area (Å²) in [7, 11) is 0. The molecule has 1 aromatic heterocycles. The van der Waals surface area contributed by atoms with Gasteiger partial charge in [0.1, 0.15) is 11.6 Å². The minimum atomic E-state index is -0.369. The van der Waals surface area contributed by atoms with Crippen LogP contribution in [-0.4, -0.2) is 16.5 Å². The molecule has 1 amide bonds. The van der Waals surface area contributed by atoms with Crippen LogP contribution < -0.4 is 5.32 Å². The Balaban J connectivity index is 2.50. The van der Waals surface area contributed by atoms with Gasteiger partial charge in [-0.15, -0.1) is 6.42 Å². The first-order valence-corrected chi connectivity index (χ1v) is 7.00. The maximum atomic E-state index is 12.0. The van der Waals surface area contributed by atoms with Crippen molar-refractivity contribution in [2.75, 3.05) is 0 Å². The lowest BCUT2D eigenvalue weighted by Gasteiger charge is -2.06. The number of nitrogens with zero attached hydrogens (tertiary/aromatic N) is 2. The number of carbonyl (C=O) groups excluding carboxylic acids is 1. The van der Waals surface area contributed by atoms with Gasteiger partial charge >= 0.3 is 0 Å². The van der Waals surface area contributed by atoms with Gasteiger partial charge in [-0.1, -0.05) is 24.1 Å². The molecule has 0 aliphatic heterocycles. The van der Waals surface area contributed by atoms with Crippen molar-refractivity contribution in [3.05, 3.63) is 41.6 Å². The van der Waals surface area contributed by atoms with Crippen LogP contribution in [0.1, 0.15) is 19.4 Å². The summed E-state index contributed by atoms with van der Waals surface area (Å²) in [5.41, 5.74) is 1.87. The molecular weight excluding hydrogens is 274 g/mol. The van der Waals surface area contributed by atoms with E-state index in [0.29, 0.717) is 6.54 Å². The van der Waals surface area contributed by atoms with E-state index in [9.17, 15) is 10.1 Å². The molecule has 0 bridgehead atoms. The summed E-state index contributed by atoms with van der Waals surface area (Å²) in [6.07, 6.45) is 8.86. The number of para-hydroxylation sites is 1. The second-order valence-corrected chi connectivity index (χ2v) is 5.23. The van der Waals surface area contributed by atoms with E-state index >= 15 is 0 Å². The molecule has 1 heterocycles. The fourth-order valence-electron chi connectivity index (χ4n) is 2.26. The molecule has 1 aromatic carbocycles. The number of hydrogen-bond acceptors (Lipinski definition) is 2. The monoisotopic (exact) mass is 291 g/mol. The highest BCUT2D eigenvalue weighted by atomic mass is 16.1. The molecule has 0 aliphatic rings. The van der Waals surface area contributed by atoms with Gasteiger partial charge in [-0.3, -0.25) is 4.79 Å². The summed E-state index contributed by atoms with van der Waals surface area (Å²) >= 11 is 0. The van der Waals surface area contributed by atoms with E-state index in [1.54, 1.807) is 6.08 Å². The van der Waals surface area contributed by atoms with Gasteiger partial charge in [-0.25, -0.2) is 0 Å². The number of aromatic nitrogens is 1. The maximum Gasteiger partial charge on any atom is 0.262 e. The smallest absolute Gasteiger partial charge is 0.262 e. The van der Waals surface area contributed by atoms with Crippen molar-refractivity contribution in [3.63, 3.8) is 0 Å². The van der Waals surface area contributed by atoms with Crippen molar-refractivity contribution in [3.8, 4) is 18.4 Å². The molecule has 0 aliphatic carbocycles. The van der Waals surface area contributed by atoms with Crippen LogP contribution in [0.3, 0.4) is 0 Å². The zero-order valence-corrected chi connectivity index (χ0v) is 12.6. The number of fused-ring (bicyclic) bond motifs is 1. The molecule has 110 valence electrons. The molecule has 0 saturated carbocycles. The molecule has 0 radical (unpaired) electrons. The Bertz CT molecular complexity index is 813. The van der Waals surface area contributed by atoms with Crippen LogP contribution in [0.15, 0.2) is 36.0 Å². The lowest BCUT2D eigenvalue weighted by Crippen LogP contribution is -2.30. The van der Waals surface area contributed by atoms with Crippen molar-refractivity contribution in [2.24, 2.45) is 0 Å². The summed E-state index contributed by atoms with van der Waals surface area (Å²) in [6, 6.07) is 9.70. The minimum absolute atomic E-state index is 0.0213. The third-order valence-corrected chi connectivity index (χ3v) is 3.17. The minimum Gasteiger partial charge on any atom is -0.349 e. The summed E-state index contributed by atoms with van der Waals surface area (Å²) in [4.78, 5) is 12.0. The van der Waals surface area contributed by atoms with Crippen LogP contribution in [0.4, 0.5) is 0 Å². The van der Waals surface area contributed by atoms with Crippen LogP contribution in [0.2, 0.25) is 0 Å². The zero-order valence-electron chi connectivity index (χ0n) is 12.6. The van der Waals surface area contributed by atoms with Crippen LogP contribution in [0.25, 0.3) is 17.0 Å². The standard InChI is InChI=1S/C18H17N3O/c1-4-9-21-12-15(16-7-5-6-8-17(16)21)10-14(11-19)18(22)20-13(2)3/h1,5-8,10,12-13H,9H2,2-3H3,(H,20,22)/b14-10-. The van der Waals surface area contributed by atoms with Crippen LogP contribution in [-0.2, 0) is 11.3 Å². The van der Waals surface area contributed by atoms with E-state index in [0.717, 1.165) is 16.5 Å². The van der Waals surface area contributed by atoms with Gasteiger partial charge in [0.25, 0.3) is 5.91 Å². The Kier molecular flexibility index (Phi) is 4.66. The first kappa shape index (κ1) is 15.4. The van der Waals surface area contributed by atoms with E-state index in [2.05, 4.69) is 11.2 Å². The van der Waals surface area contributed by atoms with Crippen LogP contribution >= 0.6 is 0 Å². The summed E-state index contributed by atoms with van der Waals surface area (Å²) in [5.74, 6) is 2.23. The molecule has 0 spiro atoms. The zero-order chi connectivity index (χ0) is 16.1. The topological polar surface area (TPSA) is 57.8 Å². The van der Waals surface area contributed by atoms with E-state index in [1.165, 1.54) is 0 Å². The Morgan fingerprint density at radius 2 is 2.18 bits per heavy atom. The highest BCUT2D eigenvalue weighted by molar-refractivity contribution is 6.04. The fourth-order valence-corrected chi connectivity index (χ4v) is 2.26. The summed E-state index contributed by atoms with van der Waals surface area (Å²) < 4.78 is 1.93. The van der Waals surface area contributed by atoms with Crippen molar-refractivity contribution in [2.45, 2.75) is 26.4 Å². The third-order valence-electron chi connectivity index (χ3n) is 3.17. The first-order chi connectivity index (χ1) is 10.6. The number of rotatable bonds is 4. The Hall–Kier alpha value is -2.98. The molecule has 22 heavy (non-hydrogen) atoms. The third kappa shape index (κ3) is 3.19. The maximum absolute atomic E-state index is 12.0. The number of benzene rings is 1. The van der Waals surface area contributed by atoms with E-state index in [1.807, 2.05) is 54.9 Å². The van der Waals surface area contributed by atoms with E-state index in [-0.39, 0.29) is 17.5 Å². The van der Waals surface area contributed by atoms with Crippen molar-refractivity contribution >= 4 is 22.9 Å². The second kappa shape index (κ2) is 6.65. The average Bonchev–Trinajstić information content (AvgIpc) is 2.83. The van der Waals surface area contributed by atoms with Gasteiger partial charge in [0.15, 0.2) is 0 Å². The van der Waals surface area contributed by atoms with E-state index < -0.39 is 0 Å². The Morgan fingerprint density at radius 1 is 1.45 bits per heavy atom. The number of carbonyl (C=O) groups is 1. The van der Waals surface area contributed by atoms with Gasteiger partial charge in [0.05, 0.1) is 6.54 Å². The van der Waals surface area contributed by atoms with Crippen molar-refractivity contribution in [1.82, 2.24) is 9.88 Å². The van der Waals surface area contributed by atoms with Crippen molar-refractivity contribution in [1.29, 1.82) is 5.26 Å². The van der Waals surface area contributed by atoms with Gasteiger partial charge in [0.2, 0.25) is 0 Å². The van der Waals surface area contributed by atoms with E-state index in [4.69, 9.17) is 6.42 Å². The predicted molar refractivity (Wildman–Crippen MR) is 87.6 cm³/mol. The van der Waals surface area contributed by atoms with Crippen molar-refractivity contribution < 1.29 is 4.79 Å². The highest BCUT2D eigenvalue weighted by Crippen LogP contribution is 2.23. The molecule has 0 unspecified atom stereocenters.